The molecule has 0 aliphatic heterocycles. The molecule has 1 N–H and O–H groups in total. The van der Waals surface area contributed by atoms with Gasteiger partial charge in [0.15, 0.2) is 5.96 Å². The predicted molar refractivity (Wildman–Crippen MR) is 123 cm³/mol. The molecule has 1 rings (SSSR count). The third-order valence-corrected chi connectivity index (χ3v) is 4.30. The van der Waals surface area contributed by atoms with Crippen molar-refractivity contribution < 1.29 is 13.5 Å². The summed E-state index contributed by atoms with van der Waals surface area (Å²) in [7, 11) is 1.97. The van der Waals surface area contributed by atoms with Crippen LogP contribution in [0.4, 0.5) is 8.78 Å². The minimum atomic E-state index is -2.80. The molecule has 0 unspecified atom stereocenters. The first-order valence-corrected chi connectivity index (χ1v) is 9.75. The number of nitrogens with zero attached hydrogens (tertiary/aromatic N) is 3. The summed E-state index contributed by atoms with van der Waals surface area (Å²) in [5.74, 6) is 1.03. The molecule has 0 heterocycles. The molecule has 0 radical (unpaired) electrons. The van der Waals surface area contributed by atoms with Crippen molar-refractivity contribution >= 4 is 29.9 Å². The number of nitrogens with one attached hydrogen (secondary N) is 1. The zero-order valence-corrected chi connectivity index (χ0v) is 19.8. The Morgan fingerprint density at radius 2 is 1.75 bits per heavy atom. The van der Waals surface area contributed by atoms with Crippen molar-refractivity contribution in [3.8, 4) is 5.75 Å². The lowest BCUT2D eigenvalue weighted by Gasteiger charge is -2.22. The topological polar surface area (TPSA) is 40.1 Å². The van der Waals surface area contributed by atoms with E-state index in [1.165, 1.54) is 0 Å². The average Bonchev–Trinajstić information content (AvgIpc) is 2.65. The van der Waals surface area contributed by atoms with Gasteiger partial charge in [-0.05, 0) is 57.1 Å². The number of alkyl halides is 2. The van der Waals surface area contributed by atoms with Crippen LogP contribution in [0.1, 0.15) is 39.2 Å². The smallest absolute Gasteiger partial charge is 0.387 e. The van der Waals surface area contributed by atoms with Gasteiger partial charge in [0, 0.05) is 26.7 Å². The van der Waals surface area contributed by atoms with Crippen LogP contribution in [0.2, 0.25) is 0 Å². The van der Waals surface area contributed by atoms with Gasteiger partial charge in [0.25, 0.3) is 0 Å². The Morgan fingerprint density at radius 1 is 1.11 bits per heavy atom. The van der Waals surface area contributed by atoms with Crippen LogP contribution < -0.4 is 10.1 Å². The summed E-state index contributed by atoms with van der Waals surface area (Å²) < 4.78 is 28.8. The molecule has 0 atom stereocenters. The van der Waals surface area contributed by atoms with Crippen LogP contribution in [0.3, 0.4) is 0 Å². The Kier molecular flexibility index (Phi) is 15.1. The molecule has 0 fully saturated rings. The quantitative estimate of drug-likeness (QED) is 0.195. The van der Waals surface area contributed by atoms with Crippen molar-refractivity contribution in [1.82, 2.24) is 15.1 Å². The fourth-order valence-electron chi connectivity index (χ4n) is 2.77. The molecule has 28 heavy (non-hydrogen) atoms. The highest BCUT2D eigenvalue weighted by atomic mass is 127. The minimum absolute atomic E-state index is 0. The molecule has 162 valence electrons. The standard InChI is InChI=1S/C20H34F2N4O.HI/c1-5-23-20(24-14-8-9-15-26(6-2)7-3)25(4)16-17-10-12-18(13-11-17)27-19(21)22;/h10-13,19H,5-9,14-16H2,1-4H3,(H,23,24);1H. The zero-order valence-electron chi connectivity index (χ0n) is 17.5. The van der Waals surface area contributed by atoms with E-state index in [2.05, 4.69) is 28.8 Å². The van der Waals surface area contributed by atoms with Gasteiger partial charge in [0.05, 0.1) is 0 Å². The second-order valence-electron chi connectivity index (χ2n) is 6.35. The Balaban J connectivity index is 0.00000729. The first-order valence-electron chi connectivity index (χ1n) is 9.75. The molecular weight excluding hydrogens is 477 g/mol. The molecule has 0 amide bonds. The first-order chi connectivity index (χ1) is 13.0. The number of unbranched alkanes of at least 4 members (excludes halogenated alkanes) is 1. The maximum Gasteiger partial charge on any atom is 0.387 e. The maximum atomic E-state index is 12.2. The number of guanidine groups is 1. The summed E-state index contributed by atoms with van der Waals surface area (Å²) in [5, 5.41) is 3.30. The molecule has 0 aliphatic rings. The van der Waals surface area contributed by atoms with E-state index < -0.39 is 6.61 Å². The van der Waals surface area contributed by atoms with Gasteiger partial charge >= 0.3 is 6.61 Å². The molecule has 1 aromatic carbocycles. The molecule has 0 aliphatic carbocycles. The van der Waals surface area contributed by atoms with Gasteiger partial charge in [-0.1, -0.05) is 26.0 Å². The van der Waals surface area contributed by atoms with E-state index in [0.29, 0.717) is 6.54 Å². The van der Waals surface area contributed by atoms with Gasteiger partial charge in [-0.2, -0.15) is 8.78 Å². The highest BCUT2D eigenvalue weighted by molar-refractivity contribution is 14.0. The third kappa shape index (κ3) is 11.0. The lowest BCUT2D eigenvalue weighted by molar-refractivity contribution is -0.0498. The van der Waals surface area contributed by atoms with Crippen LogP contribution in [-0.4, -0.2) is 62.1 Å². The number of aliphatic imine (C=N–C) groups is 1. The van der Waals surface area contributed by atoms with Crippen LogP contribution in [0.15, 0.2) is 29.3 Å². The van der Waals surface area contributed by atoms with Gasteiger partial charge in [0.2, 0.25) is 0 Å². The molecule has 0 spiro atoms. The number of ether oxygens (including phenoxy) is 1. The third-order valence-electron chi connectivity index (χ3n) is 4.30. The Morgan fingerprint density at radius 3 is 2.29 bits per heavy atom. The summed E-state index contributed by atoms with van der Waals surface area (Å²) in [4.78, 5) is 9.16. The molecular formula is C20H35F2IN4O. The number of hydrogen-bond acceptors (Lipinski definition) is 3. The second kappa shape index (κ2) is 15.7. The van der Waals surface area contributed by atoms with Gasteiger partial charge in [0.1, 0.15) is 5.75 Å². The van der Waals surface area contributed by atoms with Crippen molar-refractivity contribution in [3.05, 3.63) is 29.8 Å². The van der Waals surface area contributed by atoms with E-state index in [1.807, 2.05) is 18.9 Å². The van der Waals surface area contributed by atoms with Crippen molar-refractivity contribution in [2.75, 3.05) is 39.8 Å². The van der Waals surface area contributed by atoms with Crippen molar-refractivity contribution in [2.45, 2.75) is 46.8 Å². The lowest BCUT2D eigenvalue weighted by Crippen LogP contribution is -2.38. The number of halogens is 3. The molecule has 0 saturated carbocycles. The normalized spacial score (nSPS) is 11.5. The zero-order chi connectivity index (χ0) is 20.1. The summed E-state index contributed by atoms with van der Waals surface area (Å²) >= 11 is 0. The molecule has 0 saturated heterocycles. The Labute approximate surface area is 185 Å². The molecule has 5 nitrogen and oxygen atoms in total. The van der Waals surface area contributed by atoms with Gasteiger partial charge in [-0.3, -0.25) is 4.99 Å². The van der Waals surface area contributed by atoms with Crippen molar-refractivity contribution in [2.24, 2.45) is 4.99 Å². The molecule has 0 bridgehead atoms. The molecule has 0 aromatic heterocycles. The van der Waals surface area contributed by atoms with Crippen molar-refractivity contribution in [3.63, 3.8) is 0 Å². The molecule has 8 heteroatoms. The second-order valence-corrected chi connectivity index (χ2v) is 6.35. The van der Waals surface area contributed by atoms with Gasteiger partial charge in [-0.25, -0.2) is 0 Å². The minimum Gasteiger partial charge on any atom is -0.435 e. The monoisotopic (exact) mass is 512 g/mol. The highest BCUT2D eigenvalue weighted by Gasteiger charge is 2.08. The van der Waals surface area contributed by atoms with E-state index in [0.717, 1.165) is 57.1 Å². The van der Waals surface area contributed by atoms with Crippen LogP contribution >= 0.6 is 24.0 Å². The van der Waals surface area contributed by atoms with Crippen molar-refractivity contribution in [1.29, 1.82) is 0 Å². The SMILES string of the molecule is CCNC(=NCCCCN(CC)CC)N(C)Cc1ccc(OC(F)F)cc1.I. The van der Waals surface area contributed by atoms with E-state index in [9.17, 15) is 8.78 Å². The van der Waals surface area contributed by atoms with Crippen LogP contribution in [-0.2, 0) is 6.54 Å². The van der Waals surface area contributed by atoms with Gasteiger partial charge < -0.3 is 19.9 Å². The first kappa shape index (κ1) is 26.8. The van der Waals surface area contributed by atoms with Gasteiger partial charge in [-0.15, -0.1) is 24.0 Å². The largest absolute Gasteiger partial charge is 0.435 e. The fourth-order valence-corrected chi connectivity index (χ4v) is 2.77. The fraction of sp³-hybridized carbons (Fsp3) is 0.650. The van der Waals surface area contributed by atoms with Crippen LogP contribution in [0.5, 0.6) is 5.75 Å². The van der Waals surface area contributed by atoms with E-state index >= 15 is 0 Å². The van der Waals surface area contributed by atoms with Crippen LogP contribution in [0, 0.1) is 0 Å². The average molecular weight is 512 g/mol. The molecule has 1 aromatic rings. The lowest BCUT2D eigenvalue weighted by atomic mass is 10.2. The summed E-state index contributed by atoms with van der Waals surface area (Å²) in [6.07, 6.45) is 2.19. The van der Waals surface area contributed by atoms with E-state index in [4.69, 9.17) is 4.99 Å². The maximum absolute atomic E-state index is 12.2. The summed E-state index contributed by atoms with van der Waals surface area (Å²) in [6.45, 7) is 9.13. The van der Waals surface area contributed by atoms with E-state index in [-0.39, 0.29) is 29.7 Å². The summed E-state index contributed by atoms with van der Waals surface area (Å²) in [5.41, 5.74) is 1.01. The number of benzene rings is 1. The summed E-state index contributed by atoms with van der Waals surface area (Å²) in [6, 6.07) is 6.71. The Bertz CT molecular complexity index is 540. The predicted octanol–water partition coefficient (Wildman–Crippen LogP) is 4.43. The number of hydrogen-bond donors (Lipinski definition) is 1. The Hall–Kier alpha value is -1.16. The van der Waals surface area contributed by atoms with Crippen LogP contribution in [0.25, 0.3) is 0 Å². The van der Waals surface area contributed by atoms with E-state index in [1.54, 1.807) is 24.3 Å². The highest BCUT2D eigenvalue weighted by Crippen LogP contribution is 2.15. The number of rotatable bonds is 12.